The summed E-state index contributed by atoms with van der Waals surface area (Å²) in [4.78, 5) is 7.03. The monoisotopic (exact) mass is 153 g/mol. The highest BCUT2D eigenvalue weighted by atomic mass is 16.5. The molecule has 11 heavy (non-hydrogen) atoms. The van der Waals surface area contributed by atoms with E-state index in [-0.39, 0.29) is 0 Å². The minimum atomic E-state index is 0.389. The normalized spacial score (nSPS) is 18.2. The average Bonchev–Trinajstić information content (AvgIpc) is 2.36. The van der Waals surface area contributed by atoms with Gasteiger partial charge < -0.3 is 15.0 Å². The highest BCUT2D eigenvalue weighted by Crippen LogP contribution is 2.01. The number of hydrogen-bond acceptors (Lipinski definition) is 3. The molecule has 1 saturated heterocycles. The molecule has 0 unspecified atom stereocenters. The second kappa shape index (κ2) is 3.02. The molecule has 2 N–H and O–H groups in total. The Kier molecular flexibility index (Phi) is 1.87. The number of H-pyrrole nitrogens is 1. The number of aromatic amines is 1. The first-order valence-electron chi connectivity index (χ1n) is 3.76. The van der Waals surface area contributed by atoms with Crippen LogP contribution in [-0.2, 0) is 11.3 Å². The molecule has 2 heterocycles. The maximum Gasteiger partial charge on any atom is 0.132 e. The van der Waals surface area contributed by atoms with Gasteiger partial charge in [-0.2, -0.15) is 0 Å². The molecular weight excluding hydrogens is 142 g/mol. The molecule has 0 aliphatic carbocycles. The highest BCUT2D eigenvalue weighted by molar-refractivity contribution is 4.85. The van der Waals surface area contributed by atoms with Crippen LogP contribution in [0.5, 0.6) is 0 Å². The fraction of sp³-hybridized carbons (Fsp3) is 0.571. The van der Waals surface area contributed by atoms with E-state index in [1.54, 1.807) is 12.4 Å². The summed E-state index contributed by atoms with van der Waals surface area (Å²) in [5.41, 5.74) is 0. The summed E-state index contributed by atoms with van der Waals surface area (Å²) in [6.45, 7) is 2.54. The lowest BCUT2D eigenvalue weighted by Crippen LogP contribution is -2.48. The van der Waals surface area contributed by atoms with Gasteiger partial charge in [-0.05, 0) is 0 Å². The third-order valence-electron chi connectivity index (χ3n) is 1.75. The third kappa shape index (κ3) is 1.58. The van der Waals surface area contributed by atoms with Crippen LogP contribution in [0.2, 0.25) is 0 Å². The Labute approximate surface area is 65.0 Å². The number of nitrogens with zero attached hydrogens (tertiary/aromatic N) is 1. The van der Waals surface area contributed by atoms with Crippen molar-refractivity contribution < 1.29 is 4.74 Å². The van der Waals surface area contributed by atoms with Crippen LogP contribution in [0.4, 0.5) is 0 Å². The SMILES string of the molecule is c1c[nH]c(COC2CNC2)n1. The zero-order chi connectivity index (χ0) is 7.52. The van der Waals surface area contributed by atoms with Gasteiger partial charge in [-0.1, -0.05) is 0 Å². The summed E-state index contributed by atoms with van der Waals surface area (Å²) in [6, 6.07) is 0. The van der Waals surface area contributed by atoms with Crippen LogP contribution in [-0.4, -0.2) is 29.2 Å². The molecule has 4 nitrogen and oxygen atoms in total. The first-order valence-corrected chi connectivity index (χ1v) is 3.76. The second-order valence-electron chi connectivity index (χ2n) is 2.63. The van der Waals surface area contributed by atoms with Gasteiger partial charge in [0.25, 0.3) is 0 Å². The van der Waals surface area contributed by atoms with E-state index < -0.39 is 0 Å². The Morgan fingerprint density at radius 3 is 3.09 bits per heavy atom. The summed E-state index contributed by atoms with van der Waals surface area (Å²) in [7, 11) is 0. The zero-order valence-electron chi connectivity index (χ0n) is 6.21. The Morgan fingerprint density at radius 1 is 1.64 bits per heavy atom. The van der Waals surface area contributed by atoms with Crippen LogP contribution in [0.1, 0.15) is 5.82 Å². The highest BCUT2D eigenvalue weighted by Gasteiger charge is 2.16. The smallest absolute Gasteiger partial charge is 0.132 e. The number of imidazole rings is 1. The third-order valence-corrected chi connectivity index (χ3v) is 1.75. The van der Waals surface area contributed by atoms with E-state index in [1.165, 1.54) is 0 Å². The van der Waals surface area contributed by atoms with Gasteiger partial charge in [-0.3, -0.25) is 0 Å². The number of ether oxygens (including phenoxy) is 1. The van der Waals surface area contributed by atoms with Gasteiger partial charge >= 0.3 is 0 Å². The van der Waals surface area contributed by atoms with Crippen molar-refractivity contribution in [1.82, 2.24) is 15.3 Å². The minimum absolute atomic E-state index is 0.389. The topological polar surface area (TPSA) is 49.9 Å². The number of hydrogen-bond donors (Lipinski definition) is 2. The van der Waals surface area contributed by atoms with Gasteiger partial charge in [0.05, 0.1) is 6.10 Å². The Hall–Kier alpha value is -0.870. The van der Waals surface area contributed by atoms with Crippen molar-refractivity contribution in [1.29, 1.82) is 0 Å². The second-order valence-corrected chi connectivity index (χ2v) is 2.63. The summed E-state index contributed by atoms with van der Waals surface area (Å²) >= 11 is 0. The van der Waals surface area contributed by atoms with Crippen LogP contribution in [0.3, 0.4) is 0 Å². The van der Waals surface area contributed by atoms with Crippen molar-refractivity contribution in [2.45, 2.75) is 12.7 Å². The summed E-state index contributed by atoms with van der Waals surface area (Å²) in [5.74, 6) is 0.900. The standard InChI is InChI=1S/C7H11N3O/c1-2-10-7(9-1)5-11-6-3-8-4-6/h1-2,6,8H,3-5H2,(H,9,10). The molecule has 0 spiro atoms. The summed E-state index contributed by atoms with van der Waals surface area (Å²) in [5, 5.41) is 3.14. The van der Waals surface area contributed by atoms with Gasteiger partial charge in [-0.25, -0.2) is 4.98 Å². The van der Waals surface area contributed by atoms with Gasteiger partial charge in [0.1, 0.15) is 12.4 Å². The van der Waals surface area contributed by atoms with E-state index in [2.05, 4.69) is 15.3 Å². The molecule has 0 aromatic carbocycles. The largest absolute Gasteiger partial charge is 0.368 e. The molecule has 2 rings (SSSR count). The molecule has 1 fully saturated rings. The lowest BCUT2D eigenvalue weighted by molar-refractivity contribution is 0.00468. The maximum absolute atomic E-state index is 5.47. The Morgan fingerprint density at radius 2 is 2.55 bits per heavy atom. The molecule has 0 atom stereocenters. The maximum atomic E-state index is 5.47. The van der Waals surface area contributed by atoms with Gasteiger partial charge in [0.15, 0.2) is 0 Å². The summed E-state index contributed by atoms with van der Waals surface area (Å²) < 4.78 is 5.47. The van der Waals surface area contributed by atoms with Crippen molar-refractivity contribution in [3.63, 3.8) is 0 Å². The number of rotatable bonds is 3. The zero-order valence-corrected chi connectivity index (χ0v) is 6.21. The Balaban J connectivity index is 1.74. The molecule has 1 aromatic heterocycles. The molecule has 1 aromatic rings. The lowest BCUT2D eigenvalue weighted by atomic mass is 10.2. The fourth-order valence-electron chi connectivity index (χ4n) is 0.954. The van der Waals surface area contributed by atoms with Crippen LogP contribution < -0.4 is 5.32 Å². The van der Waals surface area contributed by atoms with E-state index in [4.69, 9.17) is 4.74 Å². The first kappa shape index (κ1) is 6.82. The van der Waals surface area contributed by atoms with Crippen LogP contribution in [0.15, 0.2) is 12.4 Å². The van der Waals surface area contributed by atoms with E-state index in [0.29, 0.717) is 12.7 Å². The lowest BCUT2D eigenvalue weighted by Gasteiger charge is -2.26. The quantitative estimate of drug-likeness (QED) is 0.637. The van der Waals surface area contributed by atoms with Crippen molar-refractivity contribution in [3.8, 4) is 0 Å². The van der Waals surface area contributed by atoms with E-state index >= 15 is 0 Å². The molecule has 0 bridgehead atoms. The van der Waals surface area contributed by atoms with E-state index in [9.17, 15) is 0 Å². The molecule has 60 valence electrons. The van der Waals surface area contributed by atoms with Crippen molar-refractivity contribution in [3.05, 3.63) is 18.2 Å². The van der Waals surface area contributed by atoms with Crippen molar-refractivity contribution >= 4 is 0 Å². The van der Waals surface area contributed by atoms with Crippen molar-refractivity contribution in [2.24, 2.45) is 0 Å². The van der Waals surface area contributed by atoms with Gasteiger partial charge in [0.2, 0.25) is 0 Å². The van der Waals surface area contributed by atoms with E-state index in [0.717, 1.165) is 18.9 Å². The number of aromatic nitrogens is 2. The van der Waals surface area contributed by atoms with Crippen LogP contribution in [0.25, 0.3) is 0 Å². The Bertz CT molecular complexity index is 205. The predicted molar refractivity (Wildman–Crippen MR) is 40.0 cm³/mol. The van der Waals surface area contributed by atoms with E-state index in [1.807, 2.05) is 0 Å². The molecule has 0 radical (unpaired) electrons. The molecule has 4 heteroatoms. The first-order chi connectivity index (χ1) is 5.45. The molecule has 0 amide bonds. The molecule has 1 aliphatic rings. The van der Waals surface area contributed by atoms with Gasteiger partial charge in [-0.15, -0.1) is 0 Å². The van der Waals surface area contributed by atoms with Gasteiger partial charge in [0, 0.05) is 25.5 Å². The average molecular weight is 153 g/mol. The predicted octanol–water partition coefficient (Wildman–Crippen LogP) is -0.102. The van der Waals surface area contributed by atoms with Crippen LogP contribution in [0, 0.1) is 0 Å². The molecule has 0 saturated carbocycles. The molecule has 1 aliphatic heterocycles. The van der Waals surface area contributed by atoms with Crippen molar-refractivity contribution in [2.75, 3.05) is 13.1 Å². The minimum Gasteiger partial charge on any atom is -0.368 e. The summed E-state index contributed by atoms with van der Waals surface area (Å²) in [6.07, 6.45) is 3.93. The van der Waals surface area contributed by atoms with Crippen LogP contribution >= 0.6 is 0 Å². The number of nitrogens with one attached hydrogen (secondary N) is 2. The molecular formula is C7H11N3O. The fourth-order valence-corrected chi connectivity index (χ4v) is 0.954.